The number of anilines is 1. The largest absolute Gasteiger partial charge is 0.366 e. The molecule has 3 amide bonds. The second kappa shape index (κ2) is 6.41. The van der Waals surface area contributed by atoms with Crippen molar-refractivity contribution in [2.24, 2.45) is 11.7 Å². The van der Waals surface area contributed by atoms with Crippen LogP contribution in [-0.4, -0.2) is 18.0 Å². The van der Waals surface area contributed by atoms with Crippen molar-refractivity contribution in [1.29, 1.82) is 0 Å². The average molecular weight is 275 g/mol. The van der Waals surface area contributed by atoms with Gasteiger partial charge in [-0.15, -0.1) is 0 Å². The SMILES string of the molecule is C[C@H]1CCC[C@H](NC(=O)Nc2cccc(C(N)=O)c2)C1. The van der Waals surface area contributed by atoms with Crippen LogP contribution in [0.3, 0.4) is 0 Å². The van der Waals surface area contributed by atoms with E-state index >= 15 is 0 Å². The van der Waals surface area contributed by atoms with E-state index in [4.69, 9.17) is 5.73 Å². The molecule has 20 heavy (non-hydrogen) atoms. The van der Waals surface area contributed by atoms with Gasteiger partial charge in [-0.2, -0.15) is 0 Å². The minimum Gasteiger partial charge on any atom is -0.366 e. The molecule has 1 aliphatic rings. The van der Waals surface area contributed by atoms with E-state index in [1.807, 2.05) is 0 Å². The fraction of sp³-hybridized carbons (Fsp3) is 0.467. The van der Waals surface area contributed by atoms with Crippen molar-refractivity contribution < 1.29 is 9.59 Å². The number of hydrogen-bond acceptors (Lipinski definition) is 2. The van der Waals surface area contributed by atoms with Crippen LogP contribution < -0.4 is 16.4 Å². The van der Waals surface area contributed by atoms with E-state index in [9.17, 15) is 9.59 Å². The maximum Gasteiger partial charge on any atom is 0.319 e. The van der Waals surface area contributed by atoms with Crippen LogP contribution in [0.5, 0.6) is 0 Å². The Balaban J connectivity index is 1.91. The molecular weight excluding hydrogens is 254 g/mol. The first-order chi connectivity index (χ1) is 9.54. The number of nitrogens with one attached hydrogen (secondary N) is 2. The Morgan fingerprint density at radius 1 is 1.30 bits per heavy atom. The molecule has 5 heteroatoms. The van der Waals surface area contributed by atoms with E-state index in [1.54, 1.807) is 24.3 Å². The molecule has 0 radical (unpaired) electrons. The van der Waals surface area contributed by atoms with Gasteiger partial charge < -0.3 is 16.4 Å². The molecule has 0 heterocycles. The van der Waals surface area contributed by atoms with Crippen LogP contribution in [0.1, 0.15) is 43.0 Å². The van der Waals surface area contributed by atoms with Gasteiger partial charge in [-0.3, -0.25) is 4.79 Å². The minimum absolute atomic E-state index is 0.231. The number of hydrogen-bond donors (Lipinski definition) is 3. The summed E-state index contributed by atoms with van der Waals surface area (Å²) >= 11 is 0. The molecule has 5 nitrogen and oxygen atoms in total. The number of primary amides is 1. The zero-order valence-electron chi connectivity index (χ0n) is 11.7. The van der Waals surface area contributed by atoms with Crippen LogP contribution >= 0.6 is 0 Å². The van der Waals surface area contributed by atoms with E-state index in [0.717, 1.165) is 19.3 Å². The maximum atomic E-state index is 11.9. The van der Waals surface area contributed by atoms with Gasteiger partial charge >= 0.3 is 6.03 Å². The van der Waals surface area contributed by atoms with Crippen LogP contribution in [-0.2, 0) is 0 Å². The van der Waals surface area contributed by atoms with Gasteiger partial charge in [-0.1, -0.05) is 25.8 Å². The minimum atomic E-state index is -0.504. The number of rotatable bonds is 3. The van der Waals surface area contributed by atoms with Crippen LogP contribution in [0, 0.1) is 5.92 Å². The fourth-order valence-electron chi connectivity index (χ4n) is 2.67. The Kier molecular flexibility index (Phi) is 4.61. The molecule has 0 spiro atoms. The van der Waals surface area contributed by atoms with Crippen LogP contribution in [0.25, 0.3) is 0 Å². The summed E-state index contributed by atoms with van der Waals surface area (Å²) in [5.41, 5.74) is 6.17. The van der Waals surface area contributed by atoms with Gasteiger partial charge in [0.2, 0.25) is 5.91 Å². The highest BCUT2D eigenvalue weighted by molar-refractivity contribution is 5.95. The van der Waals surface area contributed by atoms with Gasteiger partial charge in [-0.25, -0.2) is 4.79 Å². The van der Waals surface area contributed by atoms with Crippen molar-refractivity contribution in [3.63, 3.8) is 0 Å². The molecule has 0 aliphatic heterocycles. The third kappa shape index (κ3) is 3.98. The summed E-state index contributed by atoms with van der Waals surface area (Å²) in [6.45, 7) is 2.21. The molecule has 1 aliphatic carbocycles. The highest BCUT2D eigenvalue weighted by atomic mass is 16.2. The molecule has 2 rings (SSSR count). The van der Waals surface area contributed by atoms with Crippen molar-refractivity contribution in [3.05, 3.63) is 29.8 Å². The lowest BCUT2D eigenvalue weighted by Crippen LogP contribution is -2.40. The number of nitrogens with two attached hydrogens (primary N) is 1. The van der Waals surface area contributed by atoms with Crippen LogP contribution in [0.4, 0.5) is 10.5 Å². The highest BCUT2D eigenvalue weighted by Gasteiger charge is 2.20. The van der Waals surface area contributed by atoms with Gasteiger partial charge in [0, 0.05) is 17.3 Å². The zero-order valence-corrected chi connectivity index (χ0v) is 11.7. The first-order valence-corrected chi connectivity index (χ1v) is 7.02. The molecule has 1 aromatic carbocycles. The Morgan fingerprint density at radius 3 is 2.80 bits per heavy atom. The van der Waals surface area contributed by atoms with Crippen molar-refractivity contribution in [2.75, 3.05) is 5.32 Å². The van der Waals surface area contributed by atoms with Gasteiger partial charge in [0.1, 0.15) is 0 Å². The molecule has 1 aromatic rings. The topological polar surface area (TPSA) is 84.2 Å². The Bertz CT molecular complexity index is 502. The molecule has 0 saturated heterocycles. The summed E-state index contributed by atoms with van der Waals surface area (Å²) in [7, 11) is 0. The number of carbonyl (C=O) groups is 2. The summed E-state index contributed by atoms with van der Waals surface area (Å²) in [5, 5.41) is 5.72. The van der Waals surface area contributed by atoms with Crippen molar-refractivity contribution >= 4 is 17.6 Å². The monoisotopic (exact) mass is 275 g/mol. The third-order valence-electron chi connectivity index (χ3n) is 3.68. The smallest absolute Gasteiger partial charge is 0.319 e. The van der Waals surface area contributed by atoms with Crippen LogP contribution in [0.2, 0.25) is 0 Å². The Hall–Kier alpha value is -2.04. The lowest BCUT2D eigenvalue weighted by molar-refractivity contribution is 0.1000. The maximum absolute atomic E-state index is 11.9. The van der Waals surface area contributed by atoms with Crippen molar-refractivity contribution in [3.8, 4) is 0 Å². The Morgan fingerprint density at radius 2 is 2.10 bits per heavy atom. The van der Waals surface area contributed by atoms with E-state index < -0.39 is 5.91 Å². The van der Waals surface area contributed by atoms with E-state index in [0.29, 0.717) is 17.2 Å². The molecule has 0 aromatic heterocycles. The van der Waals surface area contributed by atoms with Crippen LogP contribution in [0.15, 0.2) is 24.3 Å². The van der Waals surface area contributed by atoms with Gasteiger partial charge in [0.15, 0.2) is 0 Å². The fourth-order valence-corrected chi connectivity index (χ4v) is 2.67. The van der Waals surface area contributed by atoms with Gasteiger partial charge in [0.05, 0.1) is 0 Å². The van der Waals surface area contributed by atoms with Gasteiger partial charge in [0.25, 0.3) is 0 Å². The van der Waals surface area contributed by atoms with E-state index in [1.165, 1.54) is 6.42 Å². The number of amides is 3. The number of urea groups is 1. The summed E-state index contributed by atoms with van der Waals surface area (Å²) < 4.78 is 0. The molecule has 4 N–H and O–H groups in total. The lowest BCUT2D eigenvalue weighted by Gasteiger charge is -2.27. The average Bonchev–Trinajstić information content (AvgIpc) is 2.38. The van der Waals surface area contributed by atoms with Crippen molar-refractivity contribution in [2.45, 2.75) is 38.6 Å². The normalized spacial score (nSPS) is 22.1. The second-order valence-corrected chi connectivity index (χ2v) is 5.51. The highest BCUT2D eigenvalue weighted by Crippen LogP contribution is 2.23. The summed E-state index contributed by atoms with van der Waals surface area (Å²) in [4.78, 5) is 23.0. The molecule has 0 unspecified atom stereocenters. The number of carbonyl (C=O) groups excluding carboxylic acids is 2. The summed E-state index contributed by atoms with van der Waals surface area (Å²) in [6.07, 6.45) is 4.44. The predicted molar refractivity (Wildman–Crippen MR) is 78.5 cm³/mol. The second-order valence-electron chi connectivity index (χ2n) is 5.51. The van der Waals surface area contributed by atoms with Gasteiger partial charge in [-0.05, 0) is 37.0 Å². The summed E-state index contributed by atoms with van der Waals surface area (Å²) in [6, 6.07) is 6.62. The first kappa shape index (κ1) is 14.4. The standard InChI is InChI=1S/C15H21N3O2/c1-10-4-2-6-12(8-10)17-15(20)18-13-7-3-5-11(9-13)14(16)19/h3,5,7,9-10,12H,2,4,6,8H2,1H3,(H2,16,19)(H2,17,18,20)/t10-,12-/m0/s1. The molecule has 1 fully saturated rings. The Labute approximate surface area is 118 Å². The molecular formula is C15H21N3O2. The number of benzene rings is 1. The zero-order chi connectivity index (χ0) is 14.5. The quantitative estimate of drug-likeness (QED) is 0.791. The first-order valence-electron chi connectivity index (χ1n) is 7.02. The van der Waals surface area contributed by atoms with E-state index in [2.05, 4.69) is 17.6 Å². The predicted octanol–water partition coefficient (Wildman–Crippen LogP) is 2.49. The molecule has 1 saturated carbocycles. The molecule has 108 valence electrons. The van der Waals surface area contributed by atoms with Crippen molar-refractivity contribution in [1.82, 2.24) is 5.32 Å². The molecule has 2 atom stereocenters. The third-order valence-corrected chi connectivity index (χ3v) is 3.68. The molecule has 0 bridgehead atoms. The summed E-state index contributed by atoms with van der Waals surface area (Å²) in [5.74, 6) is 0.155. The lowest BCUT2D eigenvalue weighted by atomic mass is 9.87. The van der Waals surface area contributed by atoms with E-state index in [-0.39, 0.29) is 12.1 Å².